The molecule has 2 N–H and O–H groups in total. The van der Waals surface area contributed by atoms with Crippen molar-refractivity contribution in [1.82, 2.24) is 0 Å². The van der Waals surface area contributed by atoms with Crippen molar-refractivity contribution in [3.05, 3.63) is 281 Å². The number of aromatic carboxylic acids is 1. The van der Waals surface area contributed by atoms with Gasteiger partial charge in [0.05, 0.1) is 82.3 Å². The molecule has 0 radical (unpaired) electrons. The minimum absolute atomic E-state index is 0.00470. The first-order valence-corrected chi connectivity index (χ1v) is 32.1. The van der Waals surface area contributed by atoms with E-state index >= 15 is 0 Å². The maximum atomic E-state index is 14.8. The van der Waals surface area contributed by atoms with Crippen LogP contribution in [0.4, 0.5) is 0 Å². The Balaban J connectivity index is 1.04. The zero-order chi connectivity index (χ0) is 66.8. The number of hydrogen-bond acceptors (Lipinski definition) is 18. The molecule has 15 atom stereocenters. The molecule has 3 aliphatic rings. The molecule has 3 aliphatic heterocycles. The molecule has 0 unspecified atom stereocenters. The second-order valence-corrected chi connectivity index (χ2v) is 24.0. The molecule has 0 saturated carbocycles. The average Bonchev–Trinajstić information content (AvgIpc) is 0.761. The predicted molar refractivity (Wildman–Crippen MR) is 350 cm³/mol. The molecule has 11 rings (SSSR count). The highest BCUT2D eigenvalue weighted by atomic mass is 16.8. The van der Waals surface area contributed by atoms with E-state index in [-0.39, 0.29) is 62.9 Å². The number of methoxy groups -OCH3 is 1. The monoisotopic (exact) mass is 1310 g/mol. The van der Waals surface area contributed by atoms with E-state index in [4.69, 9.17) is 66.3 Å². The predicted octanol–water partition coefficient (Wildman–Crippen LogP) is 11.7. The lowest BCUT2D eigenvalue weighted by molar-refractivity contribution is -0.406. The van der Waals surface area contributed by atoms with Crippen LogP contribution in [0.15, 0.2) is 231 Å². The van der Waals surface area contributed by atoms with Crippen molar-refractivity contribution in [1.29, 1.82) is 0 Å². The normalized spacial score (nSPS) is 26.5. The fraction of sp³-hybridized carbons (Fsp3) is 0.338. The largest absolute Gasteiger partial charge is 0.497 e. The van der Waals surface area contributed by atoms with Gasteiger partial charge in [-0.2, -0.15) is 0 Å². The topological polar surface area (TPSA) is 221 Å². The van der Waals surface area contributed by atoms with E-state index in [2.05, 4.69) is 0 Å². The van der Waals surface area contributed by atoms with Crippen LogP contribution in [0.3, 0.4) is 0 Å². The lowest BCUT2D eigenvalue weighted by atomic mass is 9.85. The molecule has 96 heavy (non-hydrogen) atoms. The Bertz CT molecular complexity index is 3680. The second-order valence-electron chi connectivity index (χ2n) is 24.0. The first kappa shape index (κ1) is 68.9. The van der Waals surface area contributed by atoms with Gasteiger partial charge in [-0.05, 0) is 96.6 Å². The fourth-order valence-electron chi connectivity index (χ4n) is 12.0. The van der Waals surface area contributed by atoms with E-state index in [1.165, 1.54) is 13.0 Å². The van der Waals surface area contributed by atoms with Gasteiger partial charge in [-0.3, -0.25) is 0 Å². The van der Waals surface area contributed by atoms with Gasteiger partial charge in [0.2, 0.25) is 0 Å². The molecule has 0 aromatic heterocycles. The molecule has 8 aromatic rings. The molecule has 3 saturated heterocycles. The fourth-order valence-corrected chi connectivity index (χ4v) is 12.0. The summed E-state index contributed by atoms with van der Waals surface area (Å²) in [6.45, 7) is 4.83. The molecule has 3 fully saturated rings. The highest BCUT2D eigenvalue weighted by Gasteiger charge is 2.61. The zero-order valence-electron chi connectivity index (χ0n) is 53.8. The Morgan fingerprint density at radius 1 is 0.417 bits per heavy atom. The third-order valence-electron chi connectivity index (χ3n) is 17.1. The van der Waals surface area contributed by atoms with Crippen LogP contribution in [0.25, 0.3) is 0 Å². The van der Waals surface area contributed by atoms with Crippen LogP contribution in [0, 0.1) is 0 Å². The summed E-state index contributed by atoms with van der Waals surface area (Å²) < 4.78 is 95.0. The van der Waals surface area contributed by atoms with Crippen LogP contribution >= 0.6 is 0 Å². The summed E-state index contributed by atoms with van der Waals surface area (Å²) in [5.74, 6) is -2.10. The third-order valence-corrected chi connectivity index (χ3v) is 17.1. The van der Waals surface area contributed by atoms with E-state index in [0.717, 1.165) is 27.8 Å². The standard InChI is InChI=1S/C77H80O19/c1-50-63(85-44-53-27-13-6-14-28-53)65(87-46-56-39-41-60(83-4)42-40-56)67(93-72(80)57-33-19-9-20-34-57)75(91-50)96-70-76(92-62(49-84-43-52-25-11-5-12-26-52)69(77(70,3)82)88-47-55-31-17-8-18-32-55)95-66-64(86-45-54-29-15-7-16-30-54)51(2)90-74(68(66)94-73(81)58-35-21-10-22-36-58)89-48-59-37-23-24-38-61(59)71(78)79/h5-42,50-51,62-70,74-76,82H,43-49H2,1-4H3,(H,78,79)/t50-,51+,62-,63-,64+,65+,66-,67+,68-,69-,70-,74-,75-,76-,77+/m1/s1. The summed E-state index contributed by atoms with van der Waals surface area (Å²) in [6, 6.07) is 68.4. The van der Waals surface area contributed by atoms with Gasteiger partial charge in [0.15, 0.2) is 31.1 Å². The molecule has 0 aliphatic carbocycles. The molecule has 8 aromatic carbocycles. The smallest absolute Gasteiger partial charge is 0.338 e. The number of esters is 2. The van der Waals surface area contributed by atoms with E-state index < -0.39 is 110 Å². The van der Waals surface area contributed by atoms with Crippen LogP contribution in [-0.2, 0) is 101 Å². The number of aliphatic hydroxyl groups is 1. The number of carboxylic acid groups (broad SMARTS) is 1. The van der Waals surface area contributed by atoms with Crippen LogP contribution in [-0.4, -0.2) is 133 Å². The first-order chi connectivity index (χ1) is 46.8. The average molecular weight is 1310 g/mol. The van der Waals surface area contributed by atoms with Gasteiger partial charge in [0.25, 0.3) is 0 Å². The number of hydrogen-bond donors (Lipinski definition) is 2. The van der Waals surface area contributed by atoms with Gasteiger partial charge in [0.1, 0.15) is 54.1 Å². The third kappa shape index (κ3) is 17.7. The van der Waals surface area contributed by atoms with Gasteiger partial charge >= 0.3 is 17.9 Å². The first-order valence-electron chi connectivity index (χ1n) is 32.1. The highest BCUT2D eigenvalue weighted by Crippen LogP contribution is 2.42. The van der Waals surface area contributed by atoms with Crippen molar-refractivity contribution in [2.75, 3.05) is 13.7 Å². The molecule has 19 heteroatoms. The minimum Gasteiger partial charge on any atom is -0.497 e. The molecule has 3 heterocycles. The van der Waals surface area contributed by atoms with Gasteiger partial charge in [0, 0.05) is 0 Å². The van der Waals surface area contributed by atoms with E-state index in [0.29, 0.717) is 11.3 Å². The van der Waals surface area contributed by atoms with Crippen LogP contribution < -0.4 is 4.74 Å². The minimum atomic E-state index is -2.19. The summed E-state index contributed by atoms with van der Waals surface area (Å²) in [6.07, 6.45) is -18.5. The van der Waals surface area contributed by atoms with Gasteiger partial charge in [-0.25, -0.2) is 14.4 Å². The molecule has 0 bridgehead atoms. The van der Waals surface area contributed by atoms with Gasteiger partial charge < -0.3 is 76.5 Å². The summed E-state index contributed by atoms with van der Waals surface area (Å²) >= 11 is 0. The summed E-state index contributed by atoms with van der Waals surface area (Å²) in [4.78, 5) is 42.1. The number of carbonyl (C=O) groups is 3. The number of benzene rings is 8. The maximum Gasteiger partial charge on any atom is 0.338 e. The summed E-state index contributed by atoms with van der Waals surface area (Å²) in [5.41, 5.74) is 2.51. The Morgan fingerprint density at radius 3 is 1.35 bits per heavy atom. The zero-order valence-corrected chi connectivity index (χ0v) is 53.8. The molecule has 0 amide bonds. The van der Waals surface area contributed by atoms with Crippen molar-refractivity contribution < 1.29 is 90.9 Å². The number of rotatable bonds is 29. The number of ether oxygens (including phenoxy) is 14. The summed E-state index contributed by atoms with van der Waals surface area (Å²) in [7, 11) is 1.58. The van der Waals surface area contributed by atoms with Gasteiger partial charge in [-0.15, -0.1) is 0 Å². The van der Waals surface area contributed by atoms with Crippen molar-refractivity contribution in [2.24, 2.45) is 0 Å². The van der Waals surface area contributed by atoms with Crippen molar-refractivity contribution >= 4 is 17.9 Å². The summed E-state index contributed by atoms with van der Waals surface area (Å²) in [5, 5.41) is 24.3. The quantitative estimate of drug-likeness (QED) is 0.0416. The van der Waals surface area contributed by atoms with Crippen molar-refractivity contribution in [2.45, 2.75) is 152 Å². The lowest BCUT2D eigenvalue weighted by Gasteiger charge is -2.53. The SMILES string of the molecule is COc1ccc(CO[C@@H]2[C@H](OC(=O)c3ccccc3)[C@@H](O[C@@H]3[C@@H](O[C@@H]4[C@@H](OCc5ccccc5)[C@H](C)O[C@@H](OCc5ccccc5C(=O)O)[C@@H]4OC(=O)c4ccccc4)O[C@H](COCc4ccccc4)[C@@H](OCc4ccccc4)[C@]3(C)O)O[C@H](C)[C@H]2OCc2ccccc2)cc1. The second kappa shape index (κ2) is 33.4. The Kier molecular flexibility index (Phi) is 24.0. The van der Waals surface area contributed by atoms with E-state index in [1.807, 2.05) is 146 Å². The van der Waals surface area contributed by atoms with Crippen LogP contribution in [0.1, 0.15) is 85.2 Å². The van der Waals surface area contributed by atoms with E-state index in [9.17, 15) is 24.6 Å². The van der Waals surface area contributed by atoms with Crippen molar-refractivity contribution in [3.63, 3.8) is 0 Å². The maximum absolute atomic E-state index is 14.8. The molecule has 502 valence electrons. The number of carboxylic acids is 1. The molecule has 0 spiro atoms. The lowest BCUT2D eigenvalue weighted by Crippen LogP contribution is -2.71. The number of carbonyl (C=O) groups excluding carboxylic acids is 2. The Labute approximate surface area is 558 Å². The van der Waals surface area contributed by atoms with E-state index in [1.54, 1.807) is 99.8 Å². The highest BCUT2D eigenvalue weighted by molar-refractivity contribution is 5.90. The van der Waals surface area contributed by atoms with Crippen molar-refractivity contribution in [3.8, 4) is 5.75 Å². The Morgan fingerprint density at radius 2 is 0.844 bits per heavy atom. The molecular formula is C77H80O19. The van der Waals surface area contributed by atoms with Gasteiger partial charge in [-0.1, -0.05) is 188 Å². The van der Waals surface area contributed by atoms with Crippen LogP contribution in [0.2, 0.25) is 0 Å². The van der Waals surface area contributed by atoms with Crippen LogP contribution in [0.5, 0.6) is 5.75 Å². The Hall–Kier alpha value is -8.51. The molecular weight excluding hydrogens is 1230 g/mol. The molecule has 19 nitrogen and oxygen atoms in total.